The second-order valence-corrected chi connectivity index (χ2v) is 7.17. The average molecular weight is 381 g/mol. The summed E-state index contributed by atoms with van der Waals surface area (Å²) >= 11 is 0. The molecule has 7 nitrogen and oxygen atoms in total. The number of aliphatic carboxylic acids is 1. The predicted octanol–water partition coefficient (Wildman–Crippen LogP) is 3.16. The van der Waals surface area contributed by atoms with E-state index in [4.69, 9.17) is 5.11 Å². The first-order valence-electron chi connectivity index (χ1n) is 10.2. The third-order valence-corrected chi connectivity index (χ3v) is 4.55. The van der Waals surface area contributed by atoms with Gasteiger partial charge >= 0.3 is 5.97 Å². The number of nitrogens with zero attached hydrogens (tertiary/aromatic N) is 3. The molecule has 1 aromatic rings. The van der Waals surface area contributed by atoms with Crippen molar-refractivity contribution in [1.29, 1.82) is 0 Å². The molecular formula is C20H36N4O3. The highest BCUT2D eigenvalue weighted by atomic mass is 16.4. The Hall–Kier alpha value is -1.89. The summed E-state index contributed by atoms with van der Waals surface area (Å²) < 4.78 is 1.45. The number of hydrogen-bond donors (Lipinski definition) is 2. The van der Waals surface area contributed by atoms with Crippen LogP contribution in [0.25, 0.3) is 0 Å². The van der Waals surface area contributed by atoms with Gasteiger partial charge in [0.2, 0.25) is 0 Å². The summed E-state index contributed by atoms with van der Waals surface area (Å²) in [6.07, 6.45) is 8.71. The molecular weight excluding hydrogens is 344 g/mol. The van der Waals surface area contributed by atoms with E-state index < -0.39 is 5.97 Å². The first-order valence-corrected chi connectivity index (χ1v) is 10.2. The number of carbonyl (C=O) groups excluding carboxylic acids is 1. The number of nitrogens with one attached hydrogen (secondary N) is 1. The van der Waals surface area contributed by atoms with E-state index in [9.17, 15) is 9.59 Å². The maximum atomic E-state index is 12.5. The Kier molecular flexibility index (Phi) is 11.4. The van der Waals surface area contributed by atoms with Crippen molar-refractivity contribution in [2.24, 2.45) is 0 Å². The molecule has 0 saturated heterocycles. The van der Waals surface area contributed by atoms with Crippen LogP contribution >= 0.6 is 0 Å². The number of rotatable bonds is 15. The highest BCUT2D eigenvalue weighted by molar-refractivity contribution is 5.92. The quantitative estimate of drug-likeness (QED) is 0.456. The largest absolute Gasteiger partial charge is 0.481 e. The van der Waals surface area contributed by atoms with E-state index in [1.54, 1.807) is 6.07 Å². The molecule has 2 N–H and O–H groups in total. The molecule has 0 fully saturated rings. The van der Waals surface area contributed by atoms with Crippen LogP contribution in [-0.2, 0) is 11.3 Å². The Balaban J connectivity index is 2.55. The van der Waals surface area contributed by atoms with Crippen molar-refractivity contribution in [3.8, 4) is 0 Å². The van der Waals surface area contributed by atoms with Gasteiger partial charge in [0, 0.05) is 18.8 Å². The van der Waals surface area contributed by atoms with Crippen molar-refractivity contribution in [2.75, 3.05) is 19.6 Å². The Morgan fingerprint density at radius 3 is 2.37 bits per heavy atom. The number of carboxylic acid groups (broad SMARTS) is 1. The van der Waals surface area contributed by atoms with Crippen LogP contribution in [0.1, 0.15) is 76.2 Å². The fourth-order valence-corrected chi connectivity index (χ4v) is 3.10. The van der Waals surface area contributed by atoms with Crippen LogP contribution in [0, 0.1) is 0 Å². The monoisotopic (exact) mass is 380 g/mol. The minimum atomic E-state index is -0.903. The number of carboxylic acids is 1. The van der Waals surface area contributed by atoms with E-state index in [1.807, 2.05) is 6.92 Å². The van der Waals surface area contributed by atoms with Crippen molar-refractivity contribution in [2.45, 2.75) is 78.3 Å². The van der Waals surface area contributed by atoms with Crippen molar-refractivity contribution >= 4 is 11.9 Å². The number of amides is 1. The molecule has 1 unspecified atom stereocenters. The molecule has 7 heteroatoms. The van der Waals surface area contributed by atoms with Gasteiger partial charge in [-0.05, 0) is 38.9 Å². The predicted molar refractivity (Wildman–Crippen MR) is 107 cm³/mol. The smallest absolute Gasteiger partial charge is 0.305 e. The molecule has 1 aromatic heterocycles. The molecule has 0 aliphatic heterocycles. The molecule has 0 aromatic carbocycles. The van der Waals surface area contributed by atoms with Crippen LogP contribution in [0.3, 0.4) is 0 Å². The summed E-state index contributed by atoms with van der Waals surface area (Å²) in [6, 6.07) is 1.65. The molecule has 1 atom stereocenters. The van der Waals surface area contributed by atoms with E-state index >= 15 is 0 Å². The number of aromatic nitrogens is 2. The zero-order valence-electron chi connectivity index (χ0n) is 17.1. The Bertz CT molecular complexity index is 549. The number of hydrogen-bond acceptors (Lipinski definition) is 4. The zero-order chi connectivity index (χ0) is 20.1. The van der Waals surface area contributed by atoms with Gasteiger partial charge in [0.1, 0.15) is 5.69 Å². The third-order valence-electron chi connectivity index (χ3n) is 4.55. The summed E-state index contributed by atoms with van der Waals surface area (Å²) in [4.78, 5) is 25.7. The Morgan fingerprint density at radius 2 is 1.81 bits per heavy atom. The Labute approximate surface area is 163 Å². The normalized spacial score (nSPS) is 12.3. The first-order chi connectivity index (χ1) is 13.0. The van der Waals surface area contributed by atoms with Gasteiger partial charge in [0.15, 0.2) is 0 Å². The summed E-state index contributed by atoms with van der Waals surface area (Å²) in [7, 11) is 0. The van der Waals surface area contributed by atoms with Crippen molar-refractivity contribution < 1.29 is 14.7 Å². The molecule has 1 amide bonds. The highest BCUT2D eigenvalue weighted by Crippen LogP contribution is 2.06. The first kappa shape index (κ1) is 23.1. The lowest BCUT2D eigenvalue weighted by Crippen LogP contribution is -2.43. The standard InChI is InChI=1S/C20H36N4O3/c1-4-6-8-13-23(14-9-7-5-2)16-17(3)22-20(27)18-10-12-21-24(18)15-11-19(25)26/h10,12,17H,4-9,11,13-16H2,1-3H3,(H,22,27)(H,25,26). The third kappa shape index (κ3) is 9.56. The van der Waals surface area contributed by atoms with E-state index in [2.05, 4.69) is 29.2 Å². The van der Waals surface area contributed by atoms with Crippen LogP contribution in [-0.4, -0.2) is 57.3 Å². The number of carbonyl (C=O) groups is 2. The van der Waals surface area contributed by atoms with Crippen molar-refractivity contribution in [3.63, 3.8) is 0 Å². The topological polar surface area (TPSA) is 87.5 Å². The Morgan fingerprint density at radius 1 is 1.19 bits per heavy atom. The summed E-state index contributed by atoms with van der Waals surface area (Å²) in [5.41, 5.74) is 0.409. The highest BCUT2D eigenvalue weighted by Gasteiger charge is 2.17. The lowest BCUT2D eigenvalue weighted by Gasteiger charge is -2.26. The van der Waals surface area contributed by atoms with Crippen LogP contribution in [0.2, 0.25) is 0 Å². The summed E-state index contributed by atoms with van der Waals surface area (Å²) in [6.45, 7) is 9.57. The van der Waals surface area contributed by atoms with Gasteiger partial charge in [-0.15, -0.1) is 0 Å². The second-order valence-electron chi connectivity index (χ2n) is 7.17. The minimum Gasteiger partial charge on any atom is -0.481 e. The SMILES string of the molecule is CCCCCN(CCCCC)CC(C)NC(=O)c1ccnn1CCC(=O)O. The molecule has 0 aliphatic rings. The van der Waals surface area contributed by atoms with Crippen LogP contribution in [0.4, 0.5) is 0 Å². The fraction of sp³-hybridized carbons (Fsp3) is 0.750. The molecule has 27 heavy (non-hydrogen) atoms. The summed E-state index contributed by atoms with van der Waals surface area (Å²) in [5.74, 6) is -1.10. The van der Waals surface area contributed by atoms with Gasteiger partial charge in [0.25, 0.3) is 5.91 Å². The van der Waals surface area contributed by atoms with Gasteiger partial charge < -0.3 is 15.3 Å². The van der Waals surface area contributed by atoms with E-state index in [-0.39, 0.29) is 24.9 Å². The zero-order valence-corrected chi connectivity index (χ0v) is 17.1. The van der Waals surface area contributed by atoms with Crippen molar-refractivity contribution in [3.05, 3.63) is 18.0 Å². The lowest BCUT2D eigenvalue weighted by molar-refractivity contribution is -0.137. The number of unbranched alkanes of at least 4 members (excludes halogenated alkanes) is 4. The van der Waals surface area contributed by atoms with Gasteiger partial charge in [0.05, 0.1) is 13.0 Å². The molecule has 154 valence electrons. The molecule has 0 saturated carbocycles. The fourth-order valence-electron chi connectivity index (χ4n) is 3.10. The molecule has 1 rings (SSSR count). The molecule has 0 aliphatic carbocycles. The number of aryl methyl sites for hydroxylation is 1. The van der Waals surface area contributed by atoms with E-state index in [1.165, 1.54) is 49.4 Å². The molecule has 0 radical (unpaired) electrons. The van der Waals surface area contributed by atoms with Gasteiger partial charge in [-0.2, -0.15) is 5.10 Å². The summed E-state index contributed by atoms with van der Waals surface area (Å²) in [5, 5.41) is 15.9. The second kappa shape index (κ2) is 13.3. The molecule has 1 heterocycles. The lowest BCUT2D eigenvalue weighted by atomic mass is 10.2. The molecule has 0 spiro atoms. The van der Waals surface area contributed by atoms with Gasteiger partial charge in [-0.3, -0.25) is 14.3 Å². The van der Waals surface area contributed by atoms with Gasteiger partial charge in [-0.1, -0.05) is 39.5 Å². The maximum Gasteiger partial charge on any atom is 0.305 e. The molecule has 0 bridgehead atoms. The van der Waals surface area contributed by atoms with Crippen molar-refractivity contribution in [1.82, 2.24) is 20.0 Å². The van der Waals surface area contributed by atoms with E-state index in [0.717, 1.165) is 19.6 Å². The van der Waals surface area contributed by atoms with Crippen LogP contribution < -0.4 is 5.32 Å². The average Bonchev–Trinajstić information content (AvgIpc) is 3.08. The van der Waals surface area contributed by atoms with E-state index in [0.29, 0.717) is 5.69 Å². The maximum absolute atomic E-state index is 12.5. The van der Waals surface area contributed by atoms with Crippen LogP contribution in [0.15, 0.2) is 12.3 Å². The van der Waals surface area contributed by atoms with Crippen LogP contribution in [0.5, 0.6) is 0 Å². The minimum absolute atomic E-state index is 0.0172. The van der Waals surface area contributed by atoms with Gasteiger partial charge in [-0.25, -0.2) is 0 Å².